The SMILES string of the molecule is O=c1onc(-c2cccnc2)n1Cc1ccn(-c2ccccc2)n1. The van der Waals surface area contributed by atoms with Gasteiger partial charge in [-0.1, -0.05) is 23.4 Å². The van der Waals surface area contributed by atoms with Crippen molar-refractivity contribution in [2.45, 2.75) is 6.54 Å². The maximum atomic E-state index is 12.0. The Balaban J connectivity index is 1.67. The first-order valence-electron chi connectivity index (χ1n) is 7.38. The van der Waals surface area contributed by atoms with Gasteiger partial charge in [-0.15, -0.1) is 0 Å². The van der Waals surface area contributed by atoms with Crippen molar-refractivity contribution < 1.29 is 4.52 Å². The van der Waals surface area contributed by atoms with Crippen molar-refractivity contribution in [3.8, 4) is 17.1 Å². The van der Waals surface area contributed by atoms with Crippen LogP contribution in [0.3, 0.4) is 0 Å². The van der Waals surface area contributed by atoms with Crippen LogP contribution in [0.2, 0.25) is 0 Å². The Labute approximate surface area is 136 Å². The normalized spacial score (nSPS) is 10.8. The van der Waals surface area contributed by atoms with Crippen LogP contribution in [-0.2, 0) is 6.54 Å². The first-order valence-corrected chi connectivity index (χ1v) is 7.38. The molecular formula is C17H13N5O2. The highest BCUT2D eigenvalue weighted by molar-refractivity contribution is 5.52. The molecule has 4 rings (SSSR count). The molecule has 1 aromatic carbocycles. The molecule has 0 aliphatic rings. The van der Waals surface area contributed by atoms with Gasteiger partial charge in [0.25, 0.3) is 0 Å². The first kappa shape index (κ1) is 14.1. The minimum Gasteiger partial charge on any atom is -0.295 e. The molecule has 0 N–H and O–H groups in total. The molecule has 0 aliphatic carbocycles. The van der Waals surface area contributed by atoms with Crippen LogP contribution in [0.5, 0.6) is 0 Å². The highest BCUT2D eigenvalue weighted by Gasteiger charge is 2.14. The standard InChI is InChI=1S/C17H13N5O2/c23-17-21(16(20-24-17)13-5-4-9-18-11-13)12-14-8-10-22(19-14)15-6-2-1-3-7-15/h1-11H,12H2. The predicted molar refractivity (Wildman–Crippen MR) is 86.7 cm³/mol. The summed E-state index contributed by atoms with van der Waals surface area (Å²) in [6, 6.07) is 15.2. The number of aromatic nitrogens is 5. The van der Waals surface area contributed by atoms with Gasteiger partial charge in [0.2, 0.25) is 0 Å². The van der Waals surface area contributed by atoms with E-state index in [0.29, 0.717) is 11.4 Å². The van der Waals surface area contributed by atoms with Gasteiger partial charge in [-0.2, -0.15) is 5.10 Å². The second-order valence-corrected chi connectivity index (χ2v) is 5.19. The van der Waals surface area contributed by atoms with Gasteiger partial charge in [-0.05, 0) is 30.3 Å². The zero-order chi connectivity index (χ0) is 16.4. The Kier molecular flexibility index (Phi) is 3.51. The van der Waals surface area contributed by atoms with Crippen LogP contribution in [0.15, 0.2) is 76.4 Å². The van der Waals surface area contributed by atoms with Gasteiger partial charge in [0.15, 0.2) is 5.82 Å². The van der Waals surface area contributed by atoms with E-state index in [1.54, 1.807) is 23.1 Å². The molecule has 0 radical (unpaired) electrons. The third kappa shape index (κ3) is 2.63. The van der Waals surface area contributed by atoms with E-state index in [0.717, 1.165) is 11.4 Å². The monoisotopic (exact) mass is 319 g/mol. The largest absolute Gasteiger partial charge is 0.442 e. The maximum Gasteiger partial charge on any atom is 0.442 e. The minimum absolute atomic E-state index is 0.270. The number of hydrogen-bond acceptors (Lipinski definition) is 5. The molecule has 0 atom stereocenters. The van der Waals surface area contributed by atoms with Crippen LogP contribution in [0.4, 0.5) is 0 Å². The second kappa shape index (κ2) is 5.96. The molecule has 0 spiro atoms. The van der Waals surface area contributed by atoms with E-state index in [2.05, 4.69) is 15.2 Å². The molecule has 0 bridgehead atoms. The van der Waals surface area contributed by atoms with E-state index in [1.165, 1.54) is 4.57 Å². The summed E-state index contributed by atoms with van der Waals surface area (Å²) in [6.45, 7) is 0.270. The summed E-state index contributed by atoms with van der Waals surface area (Å²) in [6.07, 6.45) is 5.15. The van der Waals surface area contributed by atoms with Crippen molar-refractivity contribution in [2.75, 3.05) is 0 Å². The Morgan fingerprint density at radius 1 is 1.04 bits per heavy atom. The molecule has 0 saturated carbocycles. The van der Waals surface area contributed by atoms with Crippen molar-refractivity contribution in [1.29, 1.82) is 0 Å². The van der Waals surface area contributed by atoms with Crippen molar-refractivity contribution >= 4 is 0 Å². The average molecular weight is 319 g/mol. The van der Waals surface area contributed by atoms with Gasteiger partial charge in [-0.3, -0.25) is 14.1 Å². The Bertz CT molecular complexity index is 1000. The lowest BCUT2D eigenvalue weighted by atomic mass is 10.2. The Morgan fingerprint density at radius 2 is 1.92 bits per heavy atom. The lowest BCUT2D eigenvalue weighted by Gasteiger charge is -2.03. The number of para-hydroxylation sites is 1. The number of hydrogen-bond donors (Lipinski definition) is 0. The number of pyridine rings is 1. The predicted octanol–water partition coefficient (Wildman–Crippen LogP) is 2.13. The summed E-state index contributed by atoms with van der Waals surface area (Å²) in [5.74, 6) is -0.0922. The molecular weight excluding hydrogens is 306 g/mol. The van der Waals surface area contributed by atoms with Crippen molar-refractivity contribution in [3.63, 3.8) is 0 Å². The van der Waals surface area contributed by atoms with Crippen LogP contribution >= 0.6 is 0 Å². The van der Waals surface area contributed by atoms with Crippen molar-refractivity contribution in [2.24, 2.45) is 0 Å². The molecule has 0 amide bonds. The third-order valence-corrected chi connectivity index (χ3v) is 3.59. The summed E-state index contributed by atoms with van der Waals surface area (Å²) in [7, 11) is 0. The van der Waals surface area contributed by atoms with Crippen LogP contribution in [0.1, 0.15) is 5.69 Å². The van der Waals surface area contributed by atoms with Gasteiger partial charge < -0.3 is 0 Å². The summed E-state index contributed by atoms with van der Waals surface area (Å²) in [4.78, 5) is 16.0. The minimum atomic E-state index is -0.525. The topological polar surface area (TPSA) is 78.7 Å². The first-order chi connectivity index (χ1) is 11.8. The molecule has 0 saturated heterocycles. The van der Waals surface area contributed by atoms with E-state index in [4.69, 9.17) is 4.52 Å². The Hall–Kier alpha value is -3.48. The van der Waals surface area contributed by atoms with E-state index in [1.807, 2.05) is 48.7 Å². The van der Waals surface area contributed by atoms with Gasteiger partial charge in [-0.25, -0.2) is 9.48 Å². The van der Waals surface area contributed by atoms with Gasteiger partial charge in [0.1, 0.15) is 0 Å². The van der Waals surface area contributed by atoms with Gasteiger partial charge >= 0.3 is 5.76 Å². The molecule has 3 heterocycles. The maximum absolute atomic E-state index is 12.0. The third-order valence-electron chi connectivity index (χ3n) is 3.59. The number of nitrogens with zero attached hydrogens (tertiary/aromatic N) is 5. The molecule has 0 unspecified atom stereocenters. The lowest BCUT2D eigenvalue weighted by molar-refractivity contribution is 0.378. The van der Waals surface area contributed by atoms with E-state index >= 15 is 0 Å². The van der Waals surface area contributed by atoms with Crippen molar-refractivity contribution in [1.82, 2.24) is 24.5 Å². The molecule has 7 heteroatoms. The second-order valence-electron chi connectivity index (χ2n) is 5.19. The summed E-state index contributed by atoms with van der Waals surface area (Å²) in [5, 5.41) is 8.35. The number of rotatable bonds is 4. The van der Waals surface area contributed by atoms with Crippen molar-refractivity contribution in [3.05, 3.63) is 83.4 Å². The number of benzene rings is 1. The quantitative estimate of drug-likeness (QED) is 0.576. The fourth-order valence-corrected chi connectivity index (χ4v) is 2.44. The van der Waals surface area contributed by atoms with Gasteiger partial charge in [0, 0.05) is 24.2 Å². The molecule has 4 aromatic rings. The van der Waals surface area contributed by atoms with E-state index in [-0.39, 0.29) is 6.54 Å². The van der Waals surface area contributed by atoms with Crippen LogP contribution < -0.4 is 5.76 Å². The van der Waals surface area contributed by atoms with E-state index < -0.39 is 5.76 Å². The van der Waals surface area contributed by atoms with E-state index in [9.17, 15) is 4.79 Å². The molecule has 0 aliphatic heterocycles. The van der Waals surface area contributed by atoms with Crippen LogP contribution in [-0.4, -0.2) is 24.5 Å². The molecule has 0 fully saturated rings. The lowest BCUT2D eigenvalue weighted by Crippen LogP contribution is -2.16. The zero-order valence-corrected chi connectivity index (χ0v) is 12.6. The molecule has 24 heavy (non-hydrogen) atoms. The fraction of sp³-hybridized carbons (Fsp3) is 0.0588. The van der Waals surface area contributed by atoms with Crippen LogP contribution in [0, 0.1) is 0 Å². The molecule has 118 valence electrons. The smallest absolute Gasteiger partial charge is 0.295 e. The molecule has 7 nitrogen and oxygen atoms in total. The summed E-state index contributed by atoms with van der Waals surface area (Å²) in [5.41, 5.74) is 2.40. The average Bonchev–Trinajstić information content (AvgIpc) is 3.25. The molecule has 3 aromatic heterocycles. The summed E-state index contributed by atoms with van der Waals surface area (Å²) >= 11 is 0. The fourth-order valence-electron chi connectivity index (χ4n) is 2.44. The van der Waals surface area contributed by atoms with Gasteiger partial charge in [0.05, 0.1) is 17.9 Å². The highest BCUT2D eigenvalue weighted by atomic mass is 16.5. The zero-order valence-electron chi connectivity index (χ0n) is 12.6. The Morgan fingerprint density at radius 3 is 2.71 bits per heavy atom. The highest BCUT2D eigenvalue weighted by Crippen LogP contribution is 2.15. The summed E-state index contributed by atoms with van der Waals surface area (Å²) < 4.78 is 8.01. The van der Waals surface area contributed by atoms with Crippen LogP contribution in [0.25, 0.3) is 17.1 Å².